The SMILES string of the molecule is CC(C)(C)C1NC=Nc2sccc21. The summed E-state index contributed by atoms with van der Waals surface area (Å²) in [5, 5.41) is 6.57. The quantitative estimate of drug-likeness (QED) is 0.674. The molecule has 1 N–H and O–H groups in total. The number of hydrogen-bond donors (Lipinski definition) is 1. The lowest BCUT2D eigenvalue weighted by Gasteiger charge is -2.32. The molecule has 1 aliphatic heterocycles. The van der Waals surface area contributed by atoms with Crippen LogP contribution in [0.2, 0.25) is 0 Å². The van der Waals surface area contributed by atoms with Gasteiger partial charge >= 0.3 is 0 Å². The third-order valence-electron chi connectivity index (χ3n) is 2.27. The molecule has 70 valence electrons. The topological polar surface area (TPSA) is 24.4 Å². The first-order chi connectivity index (χ1) is 6.09. The number of nitrogens with one attached hydrogen (secondary N) is 1. The fourth-order valence-electron chi connectivity index (χ4n) is 1.61. The second-order valence-corrected chi connectivity index (χ2v) is 5.30. The normalized spacial score (nSPS) is 21.0. The lowest BCUT2D eigenvalue weighted by molar-refractivity contribution is 0.303. The first-order valence-electron chi connectivity index (χ1n) is 4.45. The Morgan fingerprint density at radius 1 is 1.46 bits per heavy atom. The summed E-state index contributed by atoms with van der Waals surface area (Å²) < 4.78 is 0. The van der Waals surface area contributed by atoms with Gasteiger partial charge in [-0.05, 0) is 16.9 Å². The molecule has 0 bridgehead atoms. The fourth-order valence-corrected chi connectivity index (χ4v) is 2.39. The van der Waals surface area contributed by atoms with Gasteiger partial charge in [-0.25, -0.2) is 4.99 Å². The maximum absolute atomic E-state index is 4.30. The van der Waals surface area contributed by atoms with E-state index in [0.717, 1.165) is 5.00 Å². The Morgan fingerprint density at radius 3 is 2.92 bits per heavy atom. The second kappa shape index (κ2) is 2.84. The molecule has 0 fully saturated rings. The fraction of sp³-hybridized carbons (Fsp3) is 0.500. The monoisotopic (exact) mass is 194 g/mol. The van der Waals surface area contributed by atoms with Gasteiger partial charge in [0.05, 0.1) is 12.4 Å². The first-order valence-corrected chi connectivity index (χ1v) is 5.33. The number of fused-ring (bicyclic) bond motifs is 1. The molecular weight excluding hydrogens is 180 g/mol. The summed E-state index contributed by atoms with van der Waals surface area (Å²) in [6.07, 6.45) is 1.81. The molecule has 1 aromatic heterocycles. The van der Waals surface area contributed by atoms with Crippen LogP contribution in [0.5, 0.6) is 0 Å². The second-order valence-electron chi connectivity index (χ2n) is 4.40. The summed E-state index contributed by atoms with van der Waals surface area (Å²) in [5.41, 5.74) is 1.57. The summed E-state index contributed by atoms with van der Waals surface area (Å²) in [7, 11) is 0. The van der Waals surface area contributed by atoms with E-state index in [2.05, 4.69) is 42.5 Å². The van der Waals surface area contributed by atoms with Crippen molar-refractivity contribution in [1.82, 2.24) is 5.32 Å². The summed E-state index contributed by atoms with van der Waals surface area (Å²) >= 11 is 1.71. The minimum atomic E-state index is 0.238. The van der Waals surface area contributed by atoms with E-state index in [4.69, 9.17) is 0 Å². The van der Waals surface area contributed by atoms with E-state index in [-0.39, 0.29) is 5.41 Å². The van der Waals surface area contributed by atoms with Gasteiger partial charge in [-0.15, -0.1) is 11.3 Å². The van der Waals surface area contributed by atoms with Gasteiger partial charge in [0.25, 0.3) is 0 Å². The Hall–Kier alpha value is -0.830. The molecule has 2 nitrogen and oxygen atoms in total. The first kappa shape index (κ1) is 8.75. The Bertz CT molecular complexity index is 333. The highest BCUT2D eigenvalue weighted by Crippen LogP contribution is 2.41. The minimum Gasteiger partial charge on any atom is -0.369 e. The summed E-state index contributed by atoms with van der Waals surface area (Å²) in [5.74, 6) is 0. The zero-order valence-corrected chi connectivity index (χ0v) is 8.98. The van der Waals surface area contributed by atoms with Crippen LogP contribution >= 0.6 is 11.3 Å². The van der Waals surface area contributed by atoms with Gasteiger partial charge in [0, 0.05) is 5.56 Å². The van der Waals surface area contributed by atoms with Crippen molar-refractivity contribution in [2.45, 2.75) is 26.8 Å². The van der Waals surface area contributed by atoms with Crippen molar-refractivity contribution in [3.8, 4) is 0 Å². The predicted octanol–water partition coefficient (Wildman–Crippen LogP) is 3.10. The van der Waals surface area contributed by atoms with Crippen LogP contribution in [0, 0.1) is 5.41 Å². The molecule has 0 saturated heterocycles. The standard InChI is InChI=1S/C10H14N2S/c1-10(2,3)8-7-4-5-13-9(7)12-6-11-8/h4-6,8H,1-3H3,(H,11,12). The zero-order valence-electron chi connectivity index (χ0n) is 8.16. The lowest BCUT2D eigenvalue weighted by Crippen LogP contribution is -2.32. The van der Waals surface area contributed by atoms with Crippen molar-refractivity contribution < 1.29 is 0 Å². The van der Waals surface area contributed by atoms with E-state index in [1.54, 1.807) is 11.3 Å². The highest BCUT2D eigenvalue weighted by atomic mass is 32.1. The number of hydrogen-bond acceptors (Lipinski definition) is 3. The van der Waals surface area contributed by atoms with Crippen LogP contribution in [-0.4, -0.2) is 6.34 Å². The van der Waals surface area contributed by atoms with Crippen LogP contribution in [0.4, 0.5) is 5.00 Å². The van der Waals surface area contributed by atoms with Crippen LogP contribution in [0.15, 0.2) is 16.4 Å². The number of aliphatic imine (C=N–C) groups is 1. The highest BCUT2D eigenvalue weighted by Gasteiger charge is 2.29. The molecule has 1 unspecified atom stereocenters. The third kappa shape index (κ3) is 1.48. The molecule has 0 amide bonds. The van der Waals surface area contributed by atoms with Crippen LogP contribution in [0.1, 0.15) is 32.4 Å². The highest BCUT2D eigenvalue weighted by molar-refractivity contribution is 7.14. The molecule has 0 spiro atoms. The van der Waals surface area contributed by atoms with Crippen LogP contribution in [0.25, 0.3) is 0 Å². The molecule has 0 radical (unpaired) electrons. The zero-order chi connectivity index (χ0) is 9.47. The van der Waals surface area contributed by atoms with Crippen molar-refractivity contribution in [3.63, 3.8) is 0 Å². The van der Waals surface area contributed by atoms with Crippen molar-refractivity contribution in [2.24, 2.45) is 10.4 Å². The molecule has 13 heavy (non-hydrogen) atoms. The van der Waals surface area contributed by atoms with Crippen molar-refractivity contribution in [3.05, 3.63) is 17.0 Å². The lowest BCUT2D eigenvalue weighted by atomic mass is 9.83. The van der Waals surface area contributed by atoms with Gasteiger partial charge in [-0.1, -0.05) is 20.8 Å². The summed E-state index contributed by atoms with van der Waals surface area (Å²) in [4.78, 5) is 4.30. The Balaban J connectivity index is 2.41. The van der Waals surface area contributed by atoms with Gasteiger partial charge in [-0.2, -0.15) is 0 Å². The van der Waals surface area contributed by atoms with E-state index in [9.17, 15) is 0 Å². The Kier molecular flexibility index (Phi) is 1.91. The maximum atomic E-state index is 4.30. The number of nitrogens with zero attached hydrogens (tertiary/aromatic N) is 1. The van der Waals surface area contributed by atoms with Crippen molar-refractivity contribution in [1.29, 1.82) is 0 Å². The molecule has 2 heterocycles. The van der Waals surface area contributed by atoms with E-state index < -0.39 is 0 Å². The van der Waals surface area contributed by atoms with Crippen LogP contribution < -0.4 is 5.32 Å². The van der Waals surface area contributed by atoms with Gasteiger partial charge in [0.15, 0.2) is 0 Å². The average molecular weight is 194 g/mol. The predicted molar refractivity (Wildman–Crippen MR) is 57.8 cm³/mol. The van der Waals surface area contributed by atoms with Crippen LogP contribution in [-0.2, 0) is 0 Å². The van der Waals surface area contributed by atoms with E-state index in [0.29, 0.717) is 6.04 Å². The van der Waals surface area contributed by atoms with E-state index >= 15 is 0 Å². The summed E-state index contributed by atoms with van der Waals surface area (Å²) in [6.45, 7) is 6.72. The molecule has 2 rings (SSSR count). The maximum Gasteiger partial charge on any atom is 0.123 e. The van der Waals surface area contributed by atoms with Gasteiger partial charge in [0.2, 0.25) is 0 Å². The largest absolute Gasteiger partial charge is 0.369 e. The Morgan fingerprint density at radius 2 is 2.23 bits per heavy atom. The molecule has 1 atom stereocenters. The van der Waals surface area contributed by atoms with Crippen LogP contribution in [0.3, 0.4) is 0 Å². The van der Waals surface area contributed by atoms with Gasteiger partial charge in [-0.3, -0.25) is 0 Å². The molecule has 1 aliphatic rings. The smallest absolute Gasteiger partial charge is 0.123 e. The molecule has 3 heteroatoms. The van der Waals surface area contributed by atoms with E-state index in [1.165, 1.54) is 5.56 Å². The molecule has 0 aromatic carbocycles. The van der Waals surface area contributed by atoms with Crippen molar-refractivity contribution >= 4 is 22.7 Å². The molecule has 1 aromatic rings. The molecule has 0 aliphatic carbocycles. The number of rotatable bonds is 0. The number of thiophene rings is 1. The average Bonchev–Trinajstić information content (AvgIpc) is 2.48. The van der Waals surface area contributed by atoms with Gasteiger partial charge in [0.1, 0.15) is 5.00 Å². The Labute approximate surface area is 82.7 Å². The van der Waals surface area contributed by atoms with Gasteiger partial charge < -0.3 is 5.32 Å². The third-order valence-corrected chi connectivity index (χ3v) is 3.11. The minimum absolute atomic E-state index is 0.238. The van der Waals surface area contributed by atoms with Crippen molar-refractivity contribution in [2.75, 3.05) is 0 Å². The summed E-state index contributed by atoms with van der Waals surface area (Å²) in [6, 6.07) is 2.56. The molecule has 0 saturated carbocycles. The van der Waals surface area contributed by atoms with E-state index in [1.807, 2.05) is 6.34 Å². The molecular formula is C10H14N2S.